The predicted octanol–water partition coefficient (Wildman–Crippen LogP) is 2.19. The van der Waals surface area contributed by atoms with Gasteiger partial charge in [0.25, 0.3) is 0 Å². The number of morpholine rings is 1. The molecular formula is C11H13Cl2NO2. The molecule has 1 aliphatic heterocycles. The van der Waals surface area contributed by atoms with E-state index in [9.17, 15) is 5.11 Å². The molecule has 0 spiro atoms. The molecule has 0 amide bonds. The summed E-state index contributed by atoms with van der Waals surface area (Å²) in [6.07, 6.45) is 0. The zero-order valence-electron chi connectivity index (χ0n) is 8.70. The van der Waals surface area contributed by atoms with Gasteiger partial charge in [-0.15, -0.1) is 0 Å². The maximum atomic E-state index is 9.29. The first kappa shape index (κ1) is 12.0. The van der Waals surface area contributed by atoms with Crippen LogP contribution in [0.25, 0.3) is 0 Å². The van der Waals surface area contributed by atoms with Gasteiger partial charge in [-0.1, -0.05) is 29.3 Å². The van der Waals surface area contributed by atoms with Gasteiger partial charge in [0.1, 0.15) is 0 Å². The van der Waals surface area contributed by atoms with E-state index in [4.69, 9.17) is 27.9 Å². The maximum absolute atomic E-state index is 9.29. The second-order valence-corrected chi connectivity index (χ2v) is 4.46. The van der Waals surface area contributed by atoms with Crippen LogP contribution in [-0.2, 0) is 4.74 Å². The Hall–Kier alpha value is -0.480. The third-order valence-corrected chi connectivity index (χ3v) is 3.49. The van der Waals surface area contributed by atoms with Crippen molar-refractivity contribution >= 4 is 28.9 Å². The predicted molar refractivity (Wildman–Crippen MR) is 65.5 cm³/mol. The summed E-state index contributed by atoms with van der Waals surface area (Å²) in [6.45, 7) is 1.91. The second-order valence-electron chi connectivity index (χ2n) is 3.68. The van der Waals surface area contributed by atoms with Crippen molar-refractivity contribution in [1.29, 1.82) is 0 Å². The molecule has 2 rings (SSSR count). The van der Waals surface area contributed by atoms with Crippen LogP contribution in [0.3, 0.4) is 0 Å². The van der Waals surface area contributed by atoms with E-state index in [1.807, 2.05) is 17.0 Å². The zero-order valence-corrected chi connectivity index (χ0v) is 10.2. The third-order valence-electron chi connectivity index (χ3n) is 2.68. The van der Waals surface area contributed by atoms with Gasteiger partial charge in [0.05, 0.1) is 41.6 Å². The average molecular weight is 262 g/mol. The van der Waals surface area contributed by atoms with Gasteiger partial charge in [-0.2, -0.15) is 0 Å². The van der Waals surface area contributed by atoms with E-state index in [0.29, 0.717) is 29.8 Å². The molecule has 3 nitrogen and oxygen atoms in total. The van der Waals surface area contributed by atoms with Crippen LogP contribution < -0.4 is 4.90 Å². The highest BCUT2D eigenvalue weighted by Gasteiger charge is 2.24. The van der Waals surface area contributed by atoms with Crippen molar-refractivity contribution in [2.24, 2.45) is 0 Å². The van der Waals surface area contributed by atoms with Crippen LogP contribution in [0.1, 0.15) is 0 Å². The first-order chi connectivity index (χ1) is 7.74. The number of anilines is 1. The first-order valence-electron chi connectivity index (χ1n) is 5.13. The topological polar surface area (TPSA) is 32.7 Å². The van der Waals surface area contributed by atoms with Crippen molar-refractivity contribution in [2.45, 2.75) is 6.04 Å². The van der Waals surface area contributed by atoms with E-state index in [0.717, 1.165) is 5.69 Å². The molecular weight excluding hydrogens is 249 g/mol. The zero-order chi connectivity index (χ0) is 11.5. The van der Waals surface area contributed by atoms with E-state index >= 15 is 0 Å². The summed E-state index contributed by atoms with van der Waals surface area (Å²) < 4.78 is 5.32. The van der Waals surface area contributed by atoms with Crippen LogP contribution in [0.4, 0.5) is 5.69 Å². The molecule has 5 heteroatoms. The Balaban J connectivity index is 2.30. The lowest BCUT2D eigenvalue weighted by molar-refractivity contribution is 0.0727. The molecule has 0 radical (unpaired) electrons. The summed E-state index contributed by atoms with van der Waals surface area (Å²) in [6, 6.07) is 5.46. The van der Waals surface area contributed by atoms with Crippen LogP contribution in [-0.4, -0.2) is 37.5 Å². The smallest absolute Gasteiger partial charge is 0.0825 e. The van der Waals surface area contributed by atoms with Crippen molar-refractivity contribution in [1.82, 2.24) is 0 Å². The van der Waals surface area contributed by atoms with Gasteiger partial charge < -0.3 is 14.7 Å². The molecule has 0 aliphatic carbocycles. The van der Waals surface area contributed by atoms with Gasteiger partial charge in [-0.3, -0.25) is 0 Å². The van der Waals surface area contributed by atoms with E-state index < -0.39 is 0 Å². The van der Waals surface area contributed by atoms with Crippen LogP contribution in [0, 0.1) is 0 Å². The summed E-state index contributed by atoms with van der Waals surface area (Å²) in [5.41, 5.74) is 0.858. The Morgan fingerprint density at radius 1 is 1.44 bits per heavy atom. The second kappa shape index (κ2) is 5.23. The molecule has 0 saturated carbocycles. The molecule has 1 unspecified atom stereocenters. The van der Waals surface area contributed by atoms with Gasteiger partial charge in [0.2, 0.25) is 0 Å². The summed E-state index contributed by atoms with van der Waals surface area (Å²) in [4.78, 5) is 2.04. The Kier molecular flexibility index (Phi) is 3.92. The Morgan fingerprint density at radius 3 is 3.00 bits per heavy atom. The fraction of sp³-hybridized carbons (Fsp3) is 0.455. The number of aliphatic hydroxyl groups is 1. The molecule has 1 saturated heterocycles. The summed E-state index contributed by atoms with van der Waals surface area (Å²) in [7, 11) is 0. The molecule has 1 aliphatic rings. The van der Waals surface area contributed by atoms with Crippen molar-refractivity contribution in [3.05, 3.63) is 28.2 Å². The Labute approximate surface area is 105 Å². The van der Waals surface area contributed by atoms with E-state index in [2.05, 4.69) is 0 Å². The number of hydrogen-bond donors (Lipinski definition) is 1. The van der Waals surface area contributed by atoms with E-state index in [1.54, 1.807) is 6.07 Å². The van der Waals surface area contributed by atoms with Crippen LogP contribution in [0.15, 0.2) is 18.2 Å². The van der Waals surface area contributed by atoms with Gasteiger partial charge in [-0.05, 0) is 12.1 Å². The minimum absolute atomic E-state index is 0.0445. The summed E-state index contributed by atoms with van der Waals surface area (Å²) in [5, 5.41) is 10.3. The quantitative estimate of drug-likeness (QED) is 0.886. The number of ether oxygens (including phenoxy) is 1. The number of benzene rings is 1. The number of aliphatic hydroxyl groups excluding tert-OH is 1. The van der Waals surface area contributed by atoms with Crippen LogP contribution >= 0.6 is 23.2 Å². The lowest BCUT2D eigenvalue weighted by Crippen LogP contribution is -2.47. The molecule has 16 heavy (non-hydrogen) atoms. The molecule has 1 aromatic rings. The highest BCUT2D eigenvalue weighted by atomic mass is 35.5. The lowest BCUT2D eigenvalue weighted by Gasteiger charge is -2.36. The lowest BCUT2D eigenvalue weighted by atomic mass is 10.2. The number of hydrogen-bond acceptors (Lipinski definition) is 3. The largest absolute Gasteiger partial charge is 0.394 e. The molecule has 1 heterocycles. The van der Waals surface area contributed by atoms with Gasteiger partial charge in [0.15, 0.2) is 0 Å². The molecule has 1 N–H and O–H groups in total. The monoisotopic (exact) mass is 261 g/mol. The fourth-order valence-corrected chi connectivity index (χ4v) is 2.24. The first-order valence-corrected chi connectivity index (χ1v) is 5.89. The normalized spacial score (nSPS) is 21.2. The van der Waals surface area contributed by atoms with Crippen molar-refractivity contribution in [3.8, 4) is 0 Å². The SMILES string of the molecule is OCC1COCCN1c1cccc(Cl)c1Cl. The highest BCUT2D eigenvalue weighted by Crippen LogP contribution is 2.33. The standard InChI is InChI=1S/C11H13Cl2NO2/c12-9-2-1-3-10(11(9)13)14-4-5-16-7-8(14)6-15/h1-3,8,15H,4-7H2. The average Bonchev–Trinajstić information content (AvgIpc) is 2.33. The maximum Gasteiger partial charge on any atom is 0.0825 e. The summed E-state index contributed by atoms with van der Waals surface area (Å²) in [5.74, 6) is 0. The van der Waals surface area contributed by atoms with Crippen molar-refractivity contribution in [2.75, 3.05) is 31.3 Å². The van der Waals surface area contributed by atoms with Crippen LogP contribution in [0.2, 0.25) is 10.0 Å². The van der Waals surface area contributed by atoms with E-state index in [1.165, 1.54) is 0 Å². The van der Waals surface area contributed by atoms with E-state index in [-0.39, 0.29) is 12.6 Å². The van der Waals surface area contributed by atoms with Gasteiger partial charge >= 0.3 is 0 Å². The molecule has 0 bridgehead atoms. The Morgan fingerprint density at radius 2 is 2.25 bits per heavy atom. The van der Waals surface area contributed by atoms with Crippen LogP contribution in [0.5, 0.6) is 0 Å². The molecule has 1 atom stereocenters. The molecule has 1 fully saturated rings. The Bertz CT molecular complexity index is 373. The molecule has 0 aromatic heterocycles. The molecule has 1 aromatic carbocycles. The van der Waals surface area contributed by atoms with Crippen molar-refractivity contribution < 1.29 is 9.84 Å². The minimum Gasteiger partial charge on any atom is -0.394 e. The third kappa shape index (κ3) is 2.28. The number of halogens is 2. The number of nitrogens with zero attached hydrogens (tertiary/aromatic N) is 1. The summed E-state index contributed by atoms with van der Waals surface area (Å²) >= 11 is 12.1. The highest BCUT2D eigenvalue weighted by molar-refractivity contribution is 6.43. The number of rotatable bonds is 2. The fourth-order valence-electron chi connectivity index (χ4n) is 1.84. The van der Waals surface area contributed by atoms with Gasteiger partial charge in [0, 0.05) is 6.54 Å². The minimum atomic E-state index is -0.0512. The molecule has 88 valence electrons. The van der Waals surface area contributed by atoms with Gasteiger partial charge in [-0.25, -0.2) is 0 Å². The van der Waals surface area contributed by atoms with Crippen molar-refractivity contribution in [3.63, 3.8) is 0 Å².